The second kappa shape index (κ2) is 9.61. The minimum atomic E-state index is -0.0646. The molecule has 4 N–H and O–H groups in total. The Morgan fingerprint density at radius 1 is 1.00 bits per heavy atom. The molecule has 0 atom stereocenters. The average Bonchev–Trinajstić information content (AvgIpc) is 2.84. The number of aromatic nitrogens is 3. The van der Waals surface area contributed by atoms with Crippen molar-refractivity contribution >= 4 is 44.9 Å². The fraction of sp³-hybridized carbons (Fsp3) is 0.0769. The first-order valence-electron chi connectivity index (χ1n) is 10.5. The van der Waals surface area contributed by atoms with Crippen LogP contribution in [0.2, 0.25) is 5.02 Å². The van der Waals surface area contributed by atoms with Gasteiger partial charge in [0, 0.05) is 11.4 Å². The van der Waals surface area contributed by atoms with Gasteiger partial charge >= 0.3 is 0 Å². The number of nitrogen functional groups attached to an aromatic ring is 2. The summed E-state index contributed by atoms with van der Waals surface area (Å²) in [6.07, 6.45) is 2.06. The largest absolute Gasteiger partial charge is 0.382 e. The molecule has 0 saturated carbocycles. The van der Waals surface area contributed by atoms with Gasteiger partial charge < -0.3 is 11.5 Å². The molecule has 168 valence electrons. The van der Waals surface area contributed by atoms with E-state index >= 15 is 0 Å². The molecule has 0 saturated heterocycles. The zero-order chi connectivity index (χ0) is 24.2. The first-order chi connectivity index (χ1) is 16.4. The highest BCUT2D eigenvalue weighted by molar-refractivity contribution is 6.35. The van der Waals surface area contributed by atoms with Crippen LogP contribution < -0.4 is 17.0 Å². The third-order valence-electron chi connectivity index (χ3n) is 5.38. The van der Waals surface area contributed by atoms with Crippen LogP contribution in [-0.4, -0.2) is 14.5 Å². The number of nitrogens with two attached hydrogens (primary N) is 2. The number of hydrogen-bond donors (Lipinski definition) is 2. The zero-order valence-corrected chi connectivity index (χ0v) is 19.1. The van der Waals surface area contributed by atoms with Crippen LogP contribution in [0, 0.1) is 11.3 Å². The maximum absolute atomic E-state index is 13.1. The quantitative estimate of drug-likeness (QED) is 0.380. The fourth-order valence-electron chi connectivity index (χ4n) is 3.73. The molecule has 0 spiro atoms. The van der Waals surface area contributed by atoms with Gasteiger partial charge in [0.25, 0.3) is 5.56 Å². The maximum atomic E-state index is 13.1. The molecule has 8 heteroatoms. The highest BCUT2D eigenvalue weighted by Gasteiger charge is 2.12. The standard InChI is InChI=1S/C21H16ClNO.C5H5N5/c1-2-17-13-16-8-5-9-19(22)20(16)21(24)23(17)18-11-10-14-6-3-4-7-15(14)12-18;6-1-3-2-9-5(8)10-4(3)7/h3-13H,2H2,1H3;2H,(H4,7,8,9,10). The number of pyridine rings is 1. The molecule has 7 nitrogen and oxygen atoms in total. The highest BCUT2D eigenvalue weighted by Crippen LogP contribution is 2.24. The van der Waals surface area contributed by atoms with Crippen molar-refractivity contribution in [1.29, 1.82) is 5.26 Å². The molecular formula is C26H21ClN6O. The molecule has 0 amide bonds. The number of rotatable bonds is 2. The van der Waals surface area contributed by atoms with Crippen molar-refractivity contribution in [1.82, 2.24) is 14.5 Å². The molecule has 5 rings (SSSR count). The first kappa shape index (κ1) is 22.8. The van der Waals surface area contributed by atoms with Gasteiger partial charge in [-0.2, -0.15) is 10.2 Å². The molecule has 2 aromatic heterocycles. The Kier molecular flexibility index (Phi) is 6.44. The van der Waals surface area contributed by atoms with Crippen molar-refractivity contribution < 1.29 is 0 Å². The second-order valence-corrected chi connectivity index (χ2v) is 7.91. The Bertz CT molecular complexity index is 1620. The number of aryl methyl sites for hydroxylation is 1. The maximum Gasteiger partial charge on any atom is 0.264 e. The third-order valence-corrected chi connectivity index (χ3v) is 5.70. The molecule has 0 aliphatic rings. The van der Waals surface area contributed by atoms with Crippen molar-refractivity contribution in [3.63, 3.8) is 0 Å². The molecular weight excluding hydrogens is 448 g/mol. The van der Waals surface area contributed by atoms with E-state index in [2.05, 4.69) is 41.2 Å². The number of anilines is 2. The normalized spacial score (nSPS) is 10.5. The summed E-state index contributed by atoms with van der Waals surface area (Å²) < 4.78 is 1.78. The van der Waals surface area contributed by atoms with Gasteiger partial charge in [-0.05, 0) is 46.8 Å². The van der Waals surface area contributed by atoms with Gasteiger partial charge in [0.05, 0.1) is 16.6 Å². The molecule has 0 aliphatic heterocycles. The van der Waals surface area contributed by atoms with E-state index < -0.39 is 0 Å². The lowest BCUT2D eigenvalue weighted by atomic mass is 10.1. The summed E-state index contributed by atoms with van der Waals surface area (Å²) >= 11 is 6.30. The Morgan fingerprint density at radius 3 is 2.44 bits per heavy atom. The van der Waals surface area contributed by atoms with Gasteiger partial charge in [-0.1, -0.05) is 61.0 Å². The van der Waals surface area contributed by atoms with E-state index in [4.69, 9.17) is 28.3 Å². The molecule has 34 heavy (non-hydrogen) atoms. The lowest BCUT2D eigenvalue weighted by Gasteiger charge is -2.15. The minimum absolute atomic E-state index is 0.0646. The summed E-state index contributed by atoms with van der Waals surface area (Å²) in [4.78, 5) is 20.3. The van der Waals surface area contributed by atoms with Gasteiger partial charge in [0.1, 0.15) is 17.5 Å². The monoisotopic (exact) mass is 468 g/mol. The van der Waals surface area contributed by atoms with Crippen LogP contribution in [0.5, 0.6) is 0 Å². The summed E-state index contributed by atoms with van der Waals surface area (Å²) in [5, 5.41) is 12.6. The topological polar surface area (TPSA) is 124 Å². The first-order valence-corrected chi connectivity index (χ1v) is 10.9. The molecule has 5 aromatic rings. The Labute approximate surface area is 200 Å². The van der Waals surface area contributed by atoms with Crippen LogP contribution in [0.4, 0.5) is 11.8 Å². The third kappa shape index (κ3) is 4.40. The number of fused-ring (bicyclic) bond motifs is 2. The van der Waals surface area contributed by atoms with Crippen LogP contribution in [-0.2, 0) is 6.42 Å². The number of nitrogens with zero attached hydrogens (tertiary/aromatic N) is 4. The van der Waals surface area contributed by atoms with Crippen molar-refractivity contribution in [2.45, 2.75) is 13.3 Å². The molecule has 3 aromatic carbocycles. The smallest absolute Gasteiger partial charge is 0.264 e. The molecule has 0 bridgehead atoms. The van der Waals surface area contributed by atoms with Crippen LogP contribution >= 0.6 is 11.6 Å². The molecule has 0 radical (unpaired) electrons. The van der Waals surface area contributed by atoms with Crippen molar-refractivity contribution in [3.05, 3.63) is 99.6 Å². The Hall–Kier alpha value is -4.41. The Morgan fingerprint density at radius 2 is 1.74 bits per heavy atom. The van der Waals surface area contributed by atoms with Crippen molar-refractivity contribution in [2.24, 2.45) is 0 Å². The minimum Gasteiger partial charge on any atom is -0.382 e. The number of benzene rings is 3. The molecule has 0 fully saturated rings. The number of hydrogen-bond acceptors (Lipinski definition) is 6. The molecule has 0 aliphatic carbocycles. The van der Waals surface area contributed by atoms with E-state index in [-0.39, 0.29) is 22.9 Å². The summed E-state index contributed by atoms with van der Waals surface area (Å²) in [7, 11) is 0. The van der Waals surface area contributed by atoms with E-state index in [1.807, 2.05) is 42.5 Å². The summed E-state index contributed by atoms with van der Waals surface area (Å²) in [6, 6.07) is 23.7. The zero-order valence-electron chi connectivity index (χ0n) is 18.4. The number of nitriles is 1. The molecule has 0 unspecified atom stereocenters. The summed E-state index contributed by atoms with van der Waals surface area (Å²) in [6.45, 7) is 2.06. The van der Waals surface area contributed by atoms with E-state index in [1.54, 1.807) is 10.6 Å². The number of halogens is 1. The van der Waals surface area contributed by atoms with Crippen molar-refractivity contribution in [3.8, 4) is 11.8 Å². The Balaban J connectivity index is 0.000000231. The van der Waals surface area contributed by atoms with Crippen LogP contribution in [0.25, 0.3) is 27.2 Å². The average molecular weight is 469 g/mol. The fourth-order valence-corrected chi connectivity index (χ4v) is 3.99. The van der Waals surface area contributed by atoms with E-state index in [1.165, 1.54) is 6.20 Å². The van der Waals surface area contributed by atoms with Gasteiger partial charge in [0.2, 0.25) is 5.95 Å². The van der Waals surface area contributed by atoms with Crippen LogP contribution in [0.1, 0.15) is 18.2 Å². The van der Waals surface area contributed by atoms with Crippen LogP contribution in [0.15, 0.2) is 77.7 Å². The van der Waals surface area contributed by atoms with Crippen LogP contribution in [0.3, 0.4) is 0 Å². The van der Waals surface area contributed by atoms with E-state index in [9.17, 15) is 4.79 Å². The summed E-state index contributed by atoms with van der Waals surface area (Å²) in [5.74, 6) is 0.200. The predicted octanol–water partition coefficient (Wildman–Crippen LogP) is 4.87. The van der Waals surface area contributed by atoms with E-state index in [0.29, 0.717) is 10.4 Å². The SMILES string of the molecule is CCc1cc2cccc(Cl)c2c(=O)n1-c1ccc2ccccc2c1.N#Cc1cnc(N)nc1N. The highest BCUT2D eigenvalue weighted by atomic mass is 35.5. The molecule has 2 heterocycles. The van der Waals surface area contributed by atoms with Gasteiger partial charge in [-0.25, -0.2) is 4.98 Å². The lowest BCUT2D eigenvalue weighted by molar-refractivity contribution is 0.890. The van der Waals surface area contributed by atoms with E-state index in [0.717, 1.165) is 34.0 Å². The summed E-state index contributed by atoms with van der Waals surface area (Å²) in [5.41, 5.74) is 12.5. The van der Waals surface area contributed by atoms with Gasteiger partial charge in [0.15, 0.2) is 0 Å². The van der Waals surface area contributed by atoms with Crippen molar-refractivity contribution in [2.75, 3.05) is 11.5 Å². The predicted molar refractivity (Wildman–Crippen MR) is 137 cm³/mol. The lowest BCUT2D eigenvalue weighted by Crippen LogP contribution is -2.22. The second-order valence-electron chi connectivity index (χ2n) is 7.50. The van der Waals surface area contributed by atoms with Gasteiger partial charge in [-0.15, -0.1) is 0 Å². The van der Waals surface area contributed by atoms with Gasteiger partial charge in [-0.3, -0.25) is 9.36 Å².